The van der Waals surface area contributed by atoms with E-state index in [0.717, 1.165) is 28.2 Å². The van der Waals surface area contributed by atoms with Crippen LogP contribution in [0.1, 0.15) is 17.0 Å². The molecule has 0 bridgehead atoms. The molecule has 116 valence electrons. The van der Waals surface area contributed by atoms with Crippen LogP contribution in [-0.4, -0.2) is 23.4 Å². The van der Waals surface area contributed by atoms with Gasteiger partial charge in [0.15, 0.2) is 11.5 Å². The Morgan fingerprint density at radius 3 is 2.70 bits per heavy atom. The first kappa shape index (κ1) is 13.8. The zero-order valence-electron chi connectivity index (χ0n) is 12.8. The molecule has 1 aromatic heterocycles. The van der Waals surface area contributed by atoms with Crippen LogP contribution < -0.4 is 9.47 Å². The van der Waals surface area contributed by atoms with Gasteiger partial charge in [-0.25, -0.2) is 0 Å². The van der Waals surface area contributed by atoms with E-state index in [2.05, 4.69) is 10.2 Å². The summed E-state index contributed by atoms with van der Waals surface area (Å²) in [5.74, 6) is 2.68. The first-order valence-electron chi connectivity index (χ1n) is 7.56. The molecule has 5 nitrogen and oxygen atoms in total. The molecule has 0 fully saturated rings. The fraction of sp³-hybridized carbons (Fsp3) is 0.222. The van der Waals surface area contributed by atoms with Gasteiger partial charge in [-0.05, 0) is 36.8 Å². The minimum Gasteiger partial charge on any atom is -0.486 e. The van der Waals surface area contributed by atoms with Gasteiger partial charge in [-0.15, -0.1) is 10.2 Å². The summed E-state index contributed by atoms with van der Waals surface area (Å²) >= 11 is 0. The van der Waals surface area contributed by atoms with Crippen molar-refractivity contribution < 1.29 is 13.9 Å². The summed E-state index contributed by atoms with van der Waals surface area (Å²) in [6, 6.07) is 13.9. The molecule has 0 spiro atoms. The van der Waals surface area contributed by atoms with Crippen molar-refractivity contribution in [3.05, 3.63) is 59.5 Å². The van der Waals surface area contributed by atoms with Gasteiger partial charge in [0, 0.05) is 5.56 Å². The Morgan fingerprint density at radius 1 is 0.957 bits per heavy atom. The summed E-state index contributed by atoms with van der Waals surface area (Å²) in [6.45, 7) is 3.21. The van der Waals surface area contributed by atoms with Crippen molar-refractivity contribution in [3.8, 4) is 23.0 Å². The second-order valence-corrected chi connectivity index (χ2v) is 5.53. The zero-order chi connectivity index (χ0) is 15.6. The number of ether oxygens (including phenoxy) is 2. The highest BCUT2D eigenvalue weighted by Gasteiger charge is 2.14. The summed E-state index contributed by atoms with van der Waals surface area (Å²) in [6.07, 6.45) is 0.565. The number of hydrogen-bond donors (Lipinski definition) is 0. The molecule has 0 saturated heterocycles. The maximum absolute atomic E-state index is 5.78. The molecule has 0 aliphatic carbocycles. The highest BCUT2D eigenvalue weighted by Crippen LogP contribution is 2.31. The molecule has 3 aromatic rings. The SMILES string of the molecule is Cc1cccc(-c2nnc(Cc3ccc4c(c3)OCCO4)o2)c1. The Labute approximate surface area is 133 Å². The molecule has 1 aliphatic rings. The van der Waals surface area contributed by atoms with Crippen molar-refractivity contribution in [1.29, 1.82) is 0 Å². The summed E-state index contributed by atoms with van der Waals surface area (Å²) in [7, 11) is 0. The van der Waals surface area contributed by atoms with Gasteiger partial charge < -0.3 is 13.9 Å². The fourth-order valence-electron chi connectivity index (χ4n) is 2.59. The highest BCUT2D eigenvalue weighted by atomic mass is 16.6. The third kappa shape index (κ3) is 2.90. The largest absolute Gasteiger partial charge is 0.486 e. The predicted octanol–water partition coefficient (Wildman–Crippen LogP) is 3.41. The summed E-state index contributed by atoms with van der Waals surface area (Å²) in [5, 5.41) is 8.28. The van der Waals surface area contributed by atoms with Crippen molar-refractivity contribution in [3.63, 3.8) is 0 Å². The van der Waals surface area contributed by atoms with Crippen molar-refractivity contribution in [2.45, 2.75) is 13.3 Å². The number of fused-ring (bicyclic) bond motifs is 1. The summed E-state index contributed by atoms with van der Waals surface area (Å²) in [4.78, 5) is 0. The van der Waals surface area contributed by atoms with Crippen LogP contribution >= 0.6 is 0 Å². The van der Waals surface area contributed by atoms with Crippen LogP contribution in [-0.2, 0) is 6.42 Å². The molecule has 0 atom stereocenters. The maximum Gasteiger partial charge on any atom is 0.247 e. The molecular weight excluding hydrogens is 292 g/mol. The van der Waals surface area contributed by atoms with Crippen LogP contribution in [0.15, 0.2) is 46.9 Å². The van der Waals surface area contributed by atoms with E-state index in [9.17, 15) is 0 Å². The van der Waals surface area contributed by atoms with E-state index < -0.39 is 0 Å². The van der Waals surface area contributed by atoms with Crippen LogP contribution in [0.3, 0.4) is 0 Å². The number of benzene rings is 2. The Kier molecular flexibility index (Phi) is 3.46. The van der Waals surface area contributed by atoms with Crippen LogP contribution in [0.25, 0.3) is 11.5 Å². The number of aromatic nitrogens is 2. The summed E-state index contributed by atoms with van der Waals surface area (Å²) in [5.41, 5.74) is 3.15. The first-order valence-corrected chi connectivity index (χ1v) is 7.56. The highest BCUT2D eigenvalue weighted by molar-refractivity contribution is 5.53. The van der Waals surface area contributed by atoms with Gasteiger partial charge >= 0.3 is 0 Å². The van der Waals surface area contributed by atoms with E-state index in [-0.39, 0.29) is 0 Å². The van der Waals surface area contributed by atoms with Crippen LogP contribution in [0.4, 0.5) is 0 Å². The van der Waals surface area contributed by atoms with Gasteiger partial charge in [0.2, 0.25) is 11.8 Å². The second kappa shape index (κ2) is 5.76. The lowest BCUT2D eigenvalue weighted by molar-refractivity contribution is 0.171. The Morgan fingerprint density at radius 2 is 1.83 bits per heavy atom. The Balaban J connectivity index is 1.56. The molecule has 23 heavy (non-hydrogen) atoms. The average Bonchev–Trinajstić information content (AvgIpc) is 3.03. The monoisotopic (exact) mass is 308 g/mol. The van der Waals surface area contributed by atoms with E-state index in [1.165, 1.54) is 0 Å². The molecule has 2 heterocycles. The van der Waals surface area contributed by atoms with Gasteiger partial charge in [-0.1, -0.05) is 23.8 Å². The third-order valence-electron chi connectivity index (χ3n) is 3.69. The molecule has 0 N–H and O–H groups in total. The molecule has 5 heteroatoms. The minimum atomic E-state index is 0.543. The van der Waals surface area contributed by atoms with E-state index >= 15 is 0 Å². The number of aryl methyl sites for hydroxylation is 1. The molecule has 4 rings (SSSR count). The smallest absolute Gasteiger partial charge is 0.247 e. The topological polar surface area (TPSA) is 57.4 Å². The molecular formula is C18H16N2O3. The van der Waals surface area contributed by atoms with Crippen molar-refractivity contribution in [1.82, 2.24) is 10.2 Å². The molecule has 1 aliphatic heterocycles. The minimum absolute atomic E-state index is 0.543. The van der Waals surface area contributed by atoms with Gasteiger partial charge in [0.25, 0.3) is 0 Å². The van der Waals surface area contributed by atoms with Crippen LogP contribution in [0.5, 0.6) is 11.5 Å². The molecule has 0 amide bonds. The summed E-state index contributed by atoms with van der Waals surface area (Å²) < 4.78 is 16.9. The van der Waals surface area contributed by atoms with E-state index in [1.807, 2.05) is 49.4 Å². The van der Waals surface area contributed by atoms with Gasteiger partial charge in [0.1, 0.15) is 13.2 Å². The fourth-order valence-corrected chi connectivity index (χ4v) is 2.59. The van der Waals surface area contributed by atoms with E-state index in [4.69, 9.17) is 13.9 Å². The Hall–Kier alpha value is -2.82. The maximum atomic E-state index is 5.78. The van der Waals surface area contributed by atoms with Crippen molar-refractivity contribution in [2.75, 3.05) is 13.2 Å². The molecule has 0 radical (unpaired) electrons. The van der Waals surface area contributed by atoms with Gasteiger partial charge in [0.05, 0.1) is 6.42 Å². The Bertz CT molecular complexity index is 842. The predicted molar refractivity (Wildman–Crippen MR) is 84.7 cm³/mol. The van der Waals surface area contributed by atoms with Crippen molar-refractivity contribution in [2.24, 2.45) is 0 Å². The first-order chi connectivity index (χ1) is 11.3. The lowest BCUT2D eigenvalue weighted by atomic mass is 10.1. The lowest BCUT2D eigenvalue weighted by Gasteiger charge is -2.18. The van der Waals surface area contributed by atoms with Gasteiger partial charge in [-0.3, -0.25) is 0 Å². The molecule has 0 unspecified atom stereocenters. The third-order valence-corrected chi connectivity index (χ3v) is 3.69. The van der Waals surface area contributed by atoms with Crippen LogP contribution in [0.2, 0.25) is 0 Å². The normalized spacial score (nSPS) is 13.1. The second-order valence-electron chi connectivity index (χ2n) is 5.53. The van der Waals surface area contributed by atoms with Gasteiger partial charge in [-0.2, -0.15) is 0 Å². The number of hydrogen-bond acceptors (Lipinski definition) is 5. The molecule has 0 saturated carbocycles. The van der Waals surface area contributed by atoms with Crippen LogP contribution in [0, 0.1) is 6.92 Å². The van der Waals surface area contributed by atoms with E-state index in [0.29, 0.717) is 31.4 Å². The van der Waals surface area contributed by atoms with Crippen molar-refractivity contribution >= 4 is 0 Å². The molecule has 2 aromatic carbocycles. The lowest BCUT2D eigenvalue weighted by Crippen LogP contribution is -2.15. The standard InChI is InChI=1S/C18H16N2O3/c1-12-3-2-4-14(9-12)18-20-19-17(23-18)11-13-5-6-15-16(10-13)22-8-7-21-15/h2-6,9-10H,7-8,11H2,1H3. The number of nitrogens with zero attached hydrogens (tertiary/aromatic N) is 2. The zero-order valence-corrected chi connectivity index (χ0v) is 12.8. The van der Waals surface area contributed by atoms with E-state index in [1.54, 1.807) is 0 Å². The number of rotatable bonds is 3. The quantitative estimate of drug-likeness (QED) is 0.742. The average molecular weight is 308 g/mol.